The summed E-state index contributed by atoms with van der Waals surface area (Å²) in [6, 6.07) is 0. The van der Waals surface area contributed by atoms with E-state index in [1.165, 1.54) is 0 Å². The Balaban J connectivity index is 2.09. The van der Waals surface area contributed by atoms with Crippen molar-refractivity contribution in [3.05, 3.63) is 32.5 Å². The van der Waals surface area contributed by atoms with E-state index in [0.717, 1.165) is 40.2 Å². The molecule has 2 rings (SSSR count). The van der Waals surface area contributed by atoms with Crippen molar-refractivity contribution < 1.29 is 0 Å². The largest absolute Gasteiger partial charge is 0.311 e. The van der Waals surface area contributed by atoms with Crippen LogP contribution in [0.1, 0.15) is 29.0 Å². The quantitative estimate of drug-likeness (QED) is 0.918. The molecule has 1 N–H and O–H groups in total. The Labute approximate surface area is 116 Å². The molecule has 0 radical (unpaired) electrons. The molecule has 0 saturated heterocycles. The maximum atomic E-state index is 6.13. The molecule has 0 fully saturated rings. The SMILES string of the molecule is CCNCc1nc(Cn2nc(C)c(Cl)c2C)cs1. The van der Waals surface area contributed by atoms with Gasteiger partial charge in [-0.05, 0) is 20.4 Å². The lowest BCUT2D eigenvalue weighted by molar-refractivity contribution is 0.644. The van der Waals surface area contributed by atoms with Crippen LogP contribution in [0.25, 0.3) is 0 Å². The number of halogens is 1. The Morgan fingerprint density at radius 2 is 2.22 bits per heavy atom. The van der Waals surface area contributed by atoms with Gasteiger partial charge < -0.3 is 5.32 Å². The van der Waals surface area contributed by atoms with Crippen molar-refractivity contribution >= 4 is 22.9 Å². The number of nitrogens with one attached hydrogen (secondary N) is 1. The maximum absolute atomic E-state index is 6.13. The maximum Gasteiger partial charge on any atom is 0.107 e. The van der Waals surface area contributed by atoms with Gasteiger partial charge in [-0.25, -0.2) is 4.98 Å². The lowest BCUT2D eigenvalue weighted by Crippen LogP contribution is -2.11. The van der Waals surface area contributed by atoms with Gasteiger partial charge in [-0.2, -0.15) is 5.10 Å². The standard InChI is InChI=1S/C12H17ClN4S/c1-4-14-5-11-15-10(7-18-11)6-17-9(3)12(13)8(2)16-17/h7,14H,4-6H2,1-3H3. The summed E-state index contributed by atoms with van der Waals surface area (Å²) in [6.07, 6.45) is 0. The summed E-state index contributed by atoms with van der Waals surface area (Å²) < 4.78 is 1.91. The Kier molecular flexibility index (Phi) is 4.37. The first-order chi connectivity index (χ1) is 8.61. The predicted octanol–water partition coefficient (Wildman–Crippen LogP) is 2.77. The van der Waals surface area contributed by atoms with Crippen molar-refractivity contribution in [2.45, 2.75) is 33.9 Å². The number of nitrogens with zero attached hydrogens (tertiary/aromatic N) is 3. The molecule has 0 aromatic carbocycles. The fourth-order valence-electron chi connectivity index (χ4n) is 1.72. The van der Waals surface area contributed by atoms with Crippen molar-refractivity contribution in [3.63, 3.8) is 0 Å². The molecular weight excluding hydrogens is 268 g/mol. The van der Waals surface area contributed by atoms with E-state index in [1.807, 2.05) is 18.5 Å². The second-order valence-electron chi connectivity index (χ2n) is 4.16. The first kappa shape index (κ1) is 13.5. The van der Waals surface area contributed by atoms with Crippen molar-refractivity contribution in [1.82, 2.24) is 20.1 Å². The van der Waals surface area contributed by atoms with E-state index in [4.69, 9.17) is 11.6 Å². The summed E-state index contributed by atoms with van der Waals surface area (Å²) in [4.78, 5) is 4.58. The second kappa shape index (κ2) is 5.82. The van der Waals surface area contributed by atoms with Gasteiger partial charge in [0.1, 0.15) is 5.01 Å². The van der Waals surface area contributed by atoms with Crippen LogP contribution in [0.4, 0.5) is 0 Å². The lowest BCUT2D eigenvalue weighted by atomic mass is 10.4. The monoisotopic (exact) mass is 284 g/mol. The highest BCUT2D eigenvalue weighted by molar-refractivity contribution is 7.09. The average molecular weight is 285 g/mol. The third kappa shape index (κ3) is 2.91. The zero-order chi connectivity index (χ0) is 13.1. The minimum absolute atomic E-state index is 0.683. The van der Waals surface area contributed by atoms with Gasteiger partial charge in [0.05, 0.1) is 28.6 Å². The highest BCUT2D eigenvalue weighted by Crippen LogP contribution is 2.20. The third-order valence-electron chi connectivity index (χ3n) is 2.73. The number of hydrogen-bond donors (Lipinski definition) is 1. The fraction of sp³-hybridized carbons (Fsp3) is 0.500. The van der Waals surface area contributed by atoms with Crippen LogP contribution in [0.3, 0.4) is 0 Å². The lowest BCUT2D eigenvalue weighted by Gasteiger charge is -2.01. The number of thiazole rings is 1. The number of hydrogen-bond acceptors (Lipinski definition) is 4. The second-order valence-corrected chi connectivity index (χ2v) is 5.48. The van der Waals surface area contributed by atoms with Gasteiger partial charge >= 0.3 is 0 Å². The normalized spacial score (nSPS) is 11.1. The molecule has 0 bridgehead atoms. The van der Waals surface area contributed by atoms with Crippen LogP contribution in [-0.2, 0) is 13.1 Å². The number of aromatic nitrogens is 3. The Morgan fingerprint density at radius 3 is 2.83 bits per heavy atom. The average Bonchev–Trinajstić information content (AvgIpc) is 2.89. The first-order valence-corrected chi connectivity index (χ1v) is 7.21. The summed E-state index contributed by atoms with van der Waals surface area (Å²) in [5.41, 5.74) is 2.91. The van der Waals surface area contributed by atoms with Crippen LogP contribution < -0.4 is 5.32 Å². The van der Waals surface area contributed by atoms with E-state index >= 15 is 0 Å². The van der Waals surface area contributed by atoms with E-state index in [9.17, 15) is 0 Å². The molecule has 2 heterocycles. The van der Waals surface area contributed by atoms with E-state index in [1.54, 1.807) is 11.3 Å². The van der Waals surface area contributed by atoms with Crippen LogP contribution in [0.15, 0.2) is 5.38 Å². The molecule has 0 aliphatic rings. The van der Waals surface area contributed by atoms with Crippen molar-refractivity contribution in [3.8, 4) is 0 Å². The minimum Gasteiger partial charge on any atom is -0.311 e. The summed E-state index contributed by atoms with van der Waals surface area (Å²) in [5.74, 6) is 0. The van der Waals surface area contributed by atoms with Gasteiger partial charge in [0, 0.05) is 11.9 Å². The van der Waals surface area contributed by atoms with E-state index in [2.05, 4.69) is 27.7 Å². The molecule has 18 heavy (non-hydrogen) atoms. The Hall–Kier alpha value is -0.910. The summed E-state index contributed by atoms with van der Waals surface area (Å²) in [6.45, 7) is 8.47. The van der Waals surface area contributed by atoms with Crippen LogP contribution >= 0.6 is 22.9 Å². The molecule has 0 aliphatic heterocycles. The van der Waals surface area contributed by atoms with E-state index in [0.29, 0.717) is 6.54 Å². The van der Waals surface area contributed by atoms with Crippen LogP contribution in [0.2, 0.25) is 5.02 Å². The van der Waals surface area contributed by atoms with E-state index < -0.39 is 0 Å². The van der Waals surface area contributed by atoms with Gasteiger partial charge in [-0.1, -0.05) is 18.5 Å². The Morgan fingerprint density at radius 1 is 1.44 bits per heavy atom. The fourth-order valence-corrected chi connectivity index (χ4v) is 2.61. The van der Waals surface area contributed by atoms with Crippen LogP contribution in [0.5, 0.6) is 0 Å². The van der Waals surface area contributed by atoms with Crippen LogP contribution in [-0.4, -0.2) is 21.3 Å². The number of rotatable bonds is 5. The van der Waals surface area contributed by atoms with Gasteiger partial charge in [0.15, 0.2) is 0 Å². The highest BCUT2D eigenvalue weighted by Gasteiger charge is 2.10. The molecule has 0 spiro atoms. The molecule has 0 saturated carbocycles. The van der Waals surface area contributed by atoms with Gasteiger partial charge in [0.25, 0.3) is 0 Å². The highest BCUT2D eigenvalue weighted by atomic mass is 35.5. The molecule has 0 unspecified atom stereocenters. The van der Waals surface area contributed by atoms with Crippen molar-refractivity contribution in [2.24, 2.45) is 0 Å². The van der Waals surface area contributed by atoms with Crippen molar-refractivity contribution in [2.75, 3.05) is 6.54 Å². The Bertz CT molecular complexity index is 532. The molecule has 6 heteroatoms. The molecular formula is C12H17ClN4S. The summed E-state index contributed by atoms with van der Waals surface area (Å²) in [7, 11) is 0. The molecule has 2 aromatic rings. The molecule has 2 aromatic heterocycles. The predicted molar refractivity (Wildman–Crippen MR) is 75.3 cm³/mol. The zero-order valence-corrected chi connectivity index (χ0v) is 12.4. The molecule has 0 amide bonds. The van der Waals surface area contributed by atoms with E-state index in [-0.39, 0.29) is 0 Å². The number of aryl methyl sites for hydroxylation is 1. The van der Waals surface area contributed by atoms with Gasteiger partial charge in [-0.15, -0.1) is 11.3 Å². The van der Waals surface area contributed by atoms with Crippen molar-refractivity contribution in [1.29, 1.82) is 0 Å². The van der Waals surface area contributed by atoms with Crippen LogP contribution in [0, 0.1) is 13.8 Å². The third-order valence-corrected chi connectivity index (χ3v) is 4.18. The topological polar surface area (TPSA) is 42.7 Å². The molecule has 0 aliphatic carbocycles. The smallest absolute Gasteiger partial charge is 0.107 e. The van der Waals surface area contributed by atoms with Gasteiger partial charge in [0.2, 0.25) is 0 Å². The summed E-state index contributed by atoms with van der Waals surface area (Å²) >= 11 is 7.81. The molecule has 0 atom stereocenters. The van der Waals surface area contributed by atoms with Gasteiger partial charge in [-0.3, -0.25) is 4.68 Å². The molecule has 98 valence electrons. The summed E-state index contributed by atoms with van der Waals surface area (Å²) in [5, 5.41) is 11.6. The zero-order valence-electron chi connectivity index (χ0n) is 10.8. The first-order valence-electron chi connectivity index (χ1n) is 5.95. The molecule has 4 nitrogen and oxygen atoms in total. The minimum atomic E-state index is 0.683.